The molecule has 0 fully saturated rings. The van der Waals surface area contributed by atoms with E-state index in [1.54, 1.807) is 0 Å². The van der Waals surface area contributed by atoms with E-state index < -0.39 is 0 Å². The molecule has 1 heterocycles. The molecular formula is C33H31N3O3. The number of fused-ring (bicyclic) bond motifs is 1. The molecule has 2 N–H and O–H groups in total. The van der Waals surface area contributed by atoms with Crippen LogP contribution in [-0.4, -0.2) is 23.0 Å². The summed E-state index contributed by atoms with van der Waals surface area (Å²) >= 11 is 0. The van der Waals surface area contributed by atoms with Gasteiger partial charge in [0.2, 0.25) is 5.91 Å². The van der Waals surface area contributed by atoms with Crippen LogP contribution in [0, 0.1) is 6.92 Å². The van der Waals surface area contributed by atoms with E-state index in [4.69, 9.17) is 4.74 Å². The maximum absolute atomic E-state index is 13.3. The summed E-state index contributed by atoms with van der Waals surface area (Å²) in [5.41, 5.74) is 6.46. The average Bonchev–Trinajstić information content (AvgIpc) is 3.30. The number of carbonyl (C=O) groups is 2. The first-order chi connectivity index (χ1) is 19.0. The SMILES string of the molecule is Cc1cccc(Cn2c(C(=O)NCc3ccccc3)cc3cc(NC(=O)COCc4ccccc4)ccc32)c1. The average molecular weight is 518 g/mol. The third kappa shape index (κ3) is 6.80. The lowest BCUT2D eigenvalue weighted by Crippen LogP contribution is -2.25. The number of ether oxygens (including phenoxy) is 1. The Balaban J connectivity index is 1.34. The van der Waals surface area contributed by atoms with Crippen LogP contribution in [0.15, 0.2) is 109 Å². The summed E-state index contributed by atoms with van der Waals surface area (Å²) in [6.07, 6.45) is 0. The number of hydrogen-bond acceptors (Lipinski definition) is 3. The smallest absolute Gasteiger partial charge is 0.268 e. The summed E-state index contributed by atoms with van der Waals surface area (Å²) in [7, 11) is 0. The lowest BCUT2D eigenvalue weighted by Gasteiger charge is -2.12. The standard InChI is InChI=1S/C33H31N3O3/c1-24-9-8-14-27(17-24)21-36-30-16-15-29(35-32(37)23-39-22-26-12-6-3-7-13-26)18-28(30)19-31(36)33(38)34-20-25-10-4-2-5-11-25/h2-19H,20-23H2,1H3,(H,34,38)(H,35,37). The van der Waals surface area contributed by atoms with Crippen LogP contribution in [-0.2, 0) is 29.2 Å². The van der Waals surface area contributed by atoms with Gasteiger partial charge in [0.1, 0.15) is 12.3 Å². The van der Waals surface area contributed by atoms with Crippen molar-refractivity contribution in [1.82, 2.24) is 9.88 Å². The third-order valence-electron chi connectivity index (χ3n) is 6.48. The highest BCUT2D eigenvalue weighted by molar-refractivity contribution is 6.00. The number of benzene rings is 4. The zero-order chi connectivity index (χ0) is 27.0. The lowest BCUT2D eigenvalue weighted by atomic mass is 10.1. The highest BCUT2D eigenvalue weighted by Gasteiger charge is 2.17. The molecular weight excluding hydrogens is 486 g/mol. The van der Waals surface area contributed by atoms with E-state index in [9.17, 15) is 9.59 Å². The molecule has 0 saturated heterocycles. The molecule has 0 spiro atoms. The van der Waals surface area contributed by atoms with Crippen molar-refractivity contribution >= 4 is 28.4 Å². The van der Waals surface area contributed by atoms with E-state index in [2.05, 4.69) is 35.8 Å². The first kappa shape index (κ1) is 25.9. The fourth-order valence-corrected chi connectivity index (χ4v) is 4.60. The Labute approximate surface area is 228 Å². The van der Waals surface area contributed by atoms with Crippen molar-refractivity contribution < 1.29 is 14.3 Å². The third-order valence-corrected chi connectivity index (χ3v) is 6.48. The molecule has 1 aromatic heterocycles. The first-order valence-corrected chi connectivity index (χ1v) is 13.0. The molecule has 0 unspecified atom stereocenters. The molecule has 0 radical (unpaired) electrons. The van der Waals surface area contributed by atoms with E-state index >= 15 is 0 Å². The number of rotatable bonds is 10. The number of anilines is 1. The minimum atomic E-state index is -0.231. The van der Waals surface area contributed by atoms with Crippen LogP contribution in [0.1, 0.15) is 32.7 Å². The molecule has 196 valence electrons. The maximum Gasteiger partial charge on any atom is 0.268 e. The van der Waals surface area contributed by atoms with Gasteiger partial charge in [-0.15, -0.1) is 0 Å². The van der Waals surface area contributed by atoms with Gasteiger partial charge in [-0.05, 0) is 47.9 Å². The van der Waals surface area contributed by atoms with Crippen LogP contribution in [0.3, 0.4) is 0 Å². The fourth-order valence-electron chi connectivity index (χ4n) is 4.60. The lowest BCUT2D eigenvalue weighted by molar-refractivity contribution is -0.121. The van der Waals surface area contributed by atoms with Gasteiger partial charge >= 0.3 is 0 Å². The number of aromatic nitrogens is 1. The summed E-state index contributed by atoms with van der Waals surface area (Å²) in [4.78, 5) is 25.9. The van der Waals surface area contributed by atoms with Crippen LogP contribution in [0.5, 0.6) is 0 Å². The summed E-state index contributed by atoms with van der Waals surface area (Å²) in [6, 6.07) is 35.4. The molecule has 5 aromatic rings. The molecule has 0 saturated carbocycles. The monoisotopic (exact) mass is 517 g/mol. The number of nitrogens with one attached hydrogen (secondary N) is 2. The van der Waals surface area contributed by atoms with Crippen molar-refractivity contribution in [3.8, 4) is 0 Å². The predicted molar refractivity (Wildman–Crippen MR) is 155 cm³/mol. The van der Waals surface area contributed by atoms with E-state index in [0.29, 0.717) is 31.1 Å². The number of amides is 2. The molecule has 39 heavy (non-hydrogen) atoms. The van der Waals surface area contributed by atoms with Gasteiger partial charge in [-0.1, -0.05) is 90.5 Å². The second-order valence-electron chi connectivity index (χ2n) is 9.57. The predicted octanol–water partition coefficient (Wildman–Crippen LogP) is 6.08. The molecule has 0 aliphatic heterocycles. The summed E-state index contributed by atoms with van der Waals surface area (Å²) in [5, 5.41) is 6.83. The van der Waals surface area contributed by atoms with Crippen molar-refractivity contribution in [2.24, 2.45) is 0 Å². The number of hydrogen-bond donors (Lipinski definition) is 2. The fraction of sp³-hybridized carbons (Fsp3) is 0.152. The van der Waals surface area contributed by atoms with Gasteiger partial charge in [-0.2, -0.15) is 0 Å². The quantitative estimate of drug-likeness (QED) is 0.236. The summed E-state index contributed by atoms with van der Waals surface area (Å²) < 4.78 is 7.59. The topological polar surface area (TPSA) is 72.4 Å². The molecule has 0 aliphatic carbocycles. The number of nitrogens with zero attached hydrogens (tertiary/aromatic N) is 1. The van der Waals surface area contributed by atoms with Gasteiger partial charge in [0.25, 0.3) is 5.91 Å². The first-order valence-electron chi connectivity index (χ1n) is 13.0. The second-order valence-corrected chi connectivity index (χ2v) is 9.57. The van der Waals surface area contributed by atoms with Gasteiger partial charge in [-0.3, -0.25) is 9.59 Å². The number of carbonyl (C=O) groups excluding carboxylic acids is 2. The van der Waals surface area contributed by atoms with E-state index in [1.165, 1.54) is 5.56 Å². The number of aryl methyl sites for hydroxylation is 1. The van der Waals surface area contributed by atoms with Gasteiger partial charge in [0, 0.05) is 29.7 Å². The van der Waals surface area contributed by atoms with Gasteiger partial charge in [0.15, 0.2) is 0 Å². The van der Waals surface area contributed by atoms with E-state index in [0.717, 1.165) is 27.6 Å². The summed E-state index contributed by atoms with van der Waals surface area (Å²) in [6.45, 7) is 3.38. The molecule has 6 heteroatoms. The second kappa shape index (κ2) is 12.2. The molecule has 5 rings (SSSR count). The highest BCUT2D eigenvalue weighted by atomic mass is 16.5. The Hall–Kier alpha value is -4.68. The van der Waals surface area contributed by atoms with Crippen LogP contribution < -0.4 is 10.6 Å². The largest absolute Gasteiger partial charge is 0.367 e. The Kier molecular flexibility index (Phi) is 8.15. The van der Waals surface area contributed by atoms with Crippen LogP contribution in [0.25, 0.3) is 10.9 Å². The minimum Gasteiger partial charge on any atom is -0.367 e. The van der Waals surface area contributed by atoms with Crippen LogP contribution in [0.4, 0.5) is 5.69 Å². The highest BCUT2D eigenvalue weighted by Crippen LogP contribution is 2.25. The zero-order valence-electron chi connectivity index (χ0n) is 21.9. The van der Waals surface area contributed by atoms with Crippen molar-refractivity contribution in [2.45, 2.75) is 26.6 Å². The molecule has 0 atom stereocenters. The van der Waals surface area contributed by atoms with Gasteiger partial charge in [-0.25, -0.2) is 0 Å². The van der Waals surface area contributed by atoms with Crippen molar-refractivity contribution in [3.05, 3.63) is 137 Å². The molecule has 0 aliphatic rings. The normalized spacial score (nSPS) is 10.9. The Morgan fingerprint density at radius 2 is 1.49 bits per heavy atom. The molecule has 2 amide bonds. The van der Waals surface area contributed by atoms with Crippen molar-refractivity contribution in [2.75, 3.05) is 11.9 Å². The van der Waals surface area contributed by atoms with Crippen molar-refractivity contribution in [1.29, 1.82) is 0 Å². The van der Waals surface area contributed by atoms with Gasteiger partial charge in [0.05, 0.1) is 6.61 Å². The van der Waals surface area contributed by atoms with Gasteiger partial charge < -0.3 is 19.9 Å². The zero-order valence-corrected chi connectivity index (χ0v) is 21.9. The molecule has 6 nitrogen and oxygen atoms in total. The Bertz CT molecular complexity index is 1580. The van der Waals surface area contributed by atoms with E-state index in [1.807, 2.05) is 95.6 Å². The molecule has 4 aromatic carbocycles. The van der Waals surface area contributed by atoms with Crippen molar-refractivity contribution in [3.63, 3.8) is 0 Å². The summed E-state index contributed by atoms with van der Waals surface area (Å²) in [5.74, 6) is -0.382. The minimum absolute atomic E-state index is 0.0472. The molecule has 0 bridgehead atoms. The van der Waals surface area contributed by atoms with Crippen LogP contribution >= 0.6 is 0 Å². The van der Waals surface area contributed by atoms with Crippen LogP contribution in [0.2, 0.25) is 0 Å². The Morgan fingerprint density at radius 3 is 2.23 bits per heavy atom. The maximum atomic E-state index is 13.3. The van der Waals surface area contributed by atoms with E-state index in [-0.39, 0.29) is 18.4 Å². The Morgan fingerprint density at radius 1 is 0.769 bits per heavy atom.